The molecule has 0 aliphatic carbocycles. The highest BCUT2D eigenvalue weighted by Gasteiger charge is 2.41. The van der Waals surface area contributed by atoms with Crippen molar-refractivity contribution in [3.05, 3.63) is 126 Å². The van der Waals surface area contributed by atoms with Gasteiger partial charge in [0.2, 0.25) is 5.69 Å². The second kappa shape index (κ2) is 12.2. The zero-order chi connectivity index (χ0) is 30.9. The van der Waals surface area contributed by atoms with Crippen molar-refractivity contribution in [2.45, 2.75) is 91.0 Å². The molecule has 1 heteroatoms. The summed E-state index contributed by atoms with van der Waals surface area (Å²) in [4.78, 5) is 0. The largest absolute Gasteiger partial charge is 0.213 e. The van der Waals surface area contributed by atoms with Crippen LogP contribution in [0.5, 0.6) is 0 Å². The summed E-state index contributed by atoms with van der Waals surface area (Å²) in [6.07, 6.45) is 8.21. The first kappa shape index (κ1) is 30.1. The maximum absolute atomic E-state index is 2.51. The van der Waals surface area contributed by atoms with E-state index in [-0.39, 0.29) is 10.8 Å². The van der Waals surface area contributed by atoms with Gasteiger partial charge in [-0.05, 0) is 99.4 Å². The minimum atomic E-state index is 0.108. The first-order chi connectivity index (χ1) is 21.2. The average Bonchev–Trinajstić information content (AvgIpc) is 3.06. The quantitative estimate of drug-likeness (QED) is 0.161. The zero-order valence-electron chi connectivity index (χ0n) is 27.6. The van der Waals surface area contributed by atoms with Crippen molar-refractivity contribution >= 4 is 0 Å². The van der Waals surface area contributed by atoms with E-state index in [0.29, 0.717) is 0 Å². The average molecular weight is 579 g/mol. The molecular weight excluding hydrogens is 530 g/mol. The third-order valence-corrected chi connectivity index (χ3v) is 10.1. The Bertz CT molecular complexity index is 1780. The molecule has 2 heterocycles. The number of unbranched alkanes of at least 4 members (excludes halogenated alkanes) is 1. The van der Waals surface area contributed by atoms with Gasteiger partial charge in [-0.2, -0.15) is 4.57 Å². The first-order valence-corrected chi connectivity index (χ1v) is 16.7. The highest BCUT2D eigenvalue weighted by molar-refractivity contribution is 5.79. The van der Waals surface area contributed by atoms with Gasteiger partial charge in [-0.1, -0.05) is 121 Å². The number of benzene rings is 4. The van der Waals surface area contributed by atoms with Gasteiger partial charge in [-0.25, -0.2) is 0 Å². The van der Waals surface area contributed by atoms with Gasteiger partial charge in [0.1, 0.15) is 0 Å². The number of fused-ring (bicyclic) bond motifs is 3. The molecule has 0 unspecified atom stereocenters. The van der Waals surface area contributed by atoms with Gasteiger partial charge >= 0.3 is 0 Å². The van der Waals surface area contributed by atoms with E-state index in [1.54, 1.807) is 0 Å². The van der Waals surface area contributed by atoms with Crippen LogP contribution in [0.3, 0.4) is 0 Å². The number of hydrogen-bond donors (Lipinski definition) is 0. The second-order valence-electron chi connectivity index (χ2n) is 13.9. The lowest BCUT2D eigenvalue weighted by atomic mass is 9.70. The van der Waals surface area contributed by atoms with Gasteiger partial charge in [0, 0.05) is 12.1 Å². The van der Waals surface area contributed by atoms with E-state index < -0.39 is 0 Å². The third kappa shape index (κ3) is 5.77. The SMILES string of the molecule is CCCCc1cccc(-c2cccc(-c3cccc(-c4ccc5c(c4)-c4cc(C(C)(C)C)cc[n+]4CC5(CC)CC)c3)c2)c1. The predicted octanol–water partition coefficient (Wildman–Crippen LogP) is 11.4. The van der Waals surface area contributed by atoms with Gasteiger partial charge in [0.05, 0.1) is 11.0 Å². The lowest BCUT2D eigenvalue weighted by molar-refractivity contribution is -0.697. The summed E-state index contributed by atoms with van der Waals surface area (Å²) in [5, 5.41) is 0. The summed E-state index contributed by atoms with van der Waals surface area (Å²) >= 11 is 0. The van der Waals surface area contributed by atoms with Crippen molar-refractivity contribution in [3.8, 4) is 44.6 Å². The number of pyridine rings is 1. The molecule has 1 aromatic heterocycles. The predicted molar refractivity (Wildman–Crippen MR) is 188 cm³/mol. The monoisotopic (exact) mass is 578 g/mol. The van der Waals surface area contributed by atoms with Crippen molar-refractivity contribution < 1.29 is 4.57 Å². The summed E-state index contributed by atoms with van der Waals surface area (Å²) in [5.74, 6) is 0. The molecule has 0 saturated heterocycles. The van der Waals surface area contributed by atoms with Crippen LogP contribution in [-0.4, -0.2) is 0 Å². The molecule has 5 aromatic rings. The summed E-state index contributed by atoms with van der Waals surface area (Å²) in [5.41, 5.74) is 14.9. The standard InChI is InChI=1S/C43H48N/c1-7-10-14-31-15-11-16-32(25-31)33-17-12-18-34(26-33)35-19-13-20-36(27-35)37-21-22-40-39(28-37)41-29-38(42(4,5)6)23-24-44(41)30-43(40,8-2)9-3/h11-13,15-29H,7-10,14,30H2,1-6H3/q+1. The normalized spacial score (nSPS) is 13.8. The Morgan fingerprint density at radius 3 is 1.77 bits per heavy atom. The molecule has 1 aliphatic heterocycles. The van der Waals surface area contributed by atoms with E-state index in [9.17, 15) is 0 Å². The Morgan fingerprint density at radius 2 is 1.20 bits per heavy atom. The maximum Gasteiger partial charge on any atom is 0.213 e. The van der Waals surface area contributed by atoms with Crippen LogP contribution in [0.4, 0.5) is 0 Å². The fourth-order valence-electron chi connectivity index (χ4n) is 7.07. The fourth-order valence-corrected chi connectivity index (χ4v) is 7.07. The summed E-state index contributed by atoms with van der Waals surface area (Å²) in [6.45, 7) is 14.9. The molecule has 224 valence electrons. The molecule has 0 saturated carbocycles. The van der Waals surface area contributed by atoms with Crippen LogP contribution >= 0.6 is 0 Å². The van der Waals surface area contributed by atoms with Gasteiger partial charge in [-0.15, -0.1) is 0 Å². The van der Waals surface area contributed by atoms with Gasteiger partial charge in [-0.3, -0.25) is 0 Å². The number of aryl methyl sites for hydroxylation is 1. The molecule has 0 atom stereocenters. The lowest BCUT2D eigenvalue weighted by Crippen LogP contribution is -2.50. The fraction of sp³-hybridized carbons (Fsp3) is 0.326. The minimum absolute atomic E-state index is 0.108. The van der Waals surface area contributed by atoms with E-state index in [0.717, 1.165) is 25.8 Å². The molecule has 0 amide bonds. The molecule has 1 aliphatic rings. The van der Waals surface area contributed by atoms with Crippen LogP contribution in [0.2, 0.25) is 0 Å². The van der Waals surface area contributed by atoms with Crippen LogP contribution in [0.15, 0.2) is 109 Å². The van der Waals surface area contributed by atoms with Crippen molar-refractivity contribution in [1.82, 2.24) is 0 Å². The molecule has 0 fully saturated rings. The smallest absolute Gasteiger partial charge is 0.197 e. The van der Waals surface area contributed by atoms with Crippen LogP contribution in [-0.2, 0) is 23.8 Å². The molecule has 0 N–H and O–H groups in total. The molecule has 44 heavy (non-hydrogen) atoms. The number of hydrogen-bond acceptors (Lipinski definition) is 0. The van der Waals surface area contributed by atoms with Crippen LogP contribution < -0.4 is 4.57 Å². The van der Waals surface area contributed by atoms with Crippen molar-refractivity contribution in [2.24, 2.45) is 0 Å². The van der Waals surface area contributed by atoms with Crippen molar-refractivity contribution in [1.29, 1.82) is 0 Å². The van der Waals surface area contributed by atoms with E-state index >= 15 is 0 Å². The molecule has 0 bridgehead atoms. The first-order valence-electron chi connectivity index (χ1n) is 16.7. The molecular formula is C43H48N+. The lowest BCUT2D eigenvalue weighted by Gasteiger charge is -2.35. The third-order valence-electron chi connectivity index (χ3n) is 10.1. The number of aromatic nitrogens is 1. The molecule has 0 spiro atoms. The second-order valence-corrected chi connectivity index (χ2v) is 13.9. The maximum atomic E-state index is 2.51. The summed E-state index contributed by atoms with van der Waals surface area (Å²) < 4.78 is 2.51. The summed E-state index contributed by atoms with van der Waals surface area (Å²) in [7, 11) is 0. The van der Waals surface area contributed by atoms with E-state index in [4.69, 9.17) is 0 Å². The van der Waals surface area contributed by atoms with Gasteiger partial charge in [0.25, 0.3) is 0 Å². The molecule has 4 aromatic carbocycles. The van der Waals surface area contributed by atoms with Crippen LogP contribution in [0, 0.1) is 0 Å². The Labute approximate surface area is 265 Å². The molecule has 0 radical (unpaired) electrons. The highest BCUT2D eigenvalue weighted by atomic mass is 15.0. The van der Waals surface area contributed by atoms with Gasteiger partial charge in [0.15, 0.2) is 12.7 Å². The van der Waals surface area contributed by atoms with Crippen molar-refractivity contribution in [2.75, 3.05) is 0 Å². The van der Waals surface area contributed by atoms with Gasteiger partial charge < -0.3 is 0 Å². The van der Waals surface area contributed by atoms with Crippen LogP contribution in [0.1, 0.15) is 83.9 Å². The Balaban J connectivity index is 1.40. The Morgan fingerprint density at radius 1 is 0.636 bits per heavy atom. The molecule has 1 nitrogen and oxygen atoms in total. The van der Waals surface area contributed by atoms with Crippen LogP contribution in [0.25, 0.3) is 44.6 Å². The zero-order valence-corrected chi connectivity index (χ0v) is 27.6. The number of rotatable bonds is 8. The van der Waals surface area contributed by atoms with E-state index in [2.05, 4.69) is 155 Å². The topological polar surface area (TPSA) is 3.88 Å². The van der Waals surface area contributed by atoms with Crippen molar-refractivity contribution in [3.63, 3.8) is 0 Å². The van der Waals surface area contributed by atoms with E-state index in [1.165, 1.54) is 74.2 Å². The Kier molecular flexibility index (Phi) is 8.34. The number of nitrogens with zero attached hydrogens (tertiary/aromatic N) is 1. The Hall–Kier alpha value is -3.97. The summed E-state index contributed by atoms with van der Waals surface area (Å²) in [6, 6.07) is 39.2. The minimum Gasteiger partial charge on any atom is -0.197 e. The molecule has 6 rings (SSSR count). The highest BCUT2D eigenvalue weighted by Crippen LogP contribution is 2.44. The van der Waals surface area contributed by atoms with E-state index in [1.807, 2.05) is 0 Å².